The standard InChI is InChI=1S/C32H58N2O8/c1-27(2)13-21(35)14-28(3,4)33(27)19-23(37)17-31(25(39)40)11-9-10-12-32(31,26(41)42)18-24(38)20-34-29(5,6)15-22(36)16-30(34,7)8/h21-24,35-38H,9-20H2,1-8H3,(H,39,40)(H,41,42)/p-2. The molecule has 3 rings (SSSR count). The lowest BCUT2D eigenvalue weighted by molar-refractivity contribution is -0.351. The minimum atomic E-state index is -1.93. The van der Waals surface area contributed by atoms with Crippen molar-refractivity contribution in [3.63, 3.8) is 0 Å². The fourth-order valence-corrected chi connectivity index (χ4v) is 9.56. The van der Waals surface area contributed by atoms with Crippen LogP contribution >= 0.6 is 0 Å². The second kappa shape index (κ2) is 11.9. The molecule has 0 aromatic rings. The second-order valence-corrected chi connectivity index (χ2v) is 16.3. The third kappa shape index (κ3) is 6.69. The molecule has 4 N–H and O–H groups in total. The molecular weight excluding hydrogens is 540 g/mol. The SMILES string of the molecule is CC1(C)CC(O)CC(C)(C)N1CC(O)CC1(C(=O)[O-])CCCCC1(CC(O)CN1C(C)(C)CC(O)CC1(C)C)C(=O)[O-]. The molecule has 2 heterocycles. The molecule has 4 atom stereocenters. The van der Waals surface area contributed by atoms with Crippen LogP contribution in [0.4, 0.5) is 0 Å². The highest BCUT2D eigenvalue weighted by molar-refractivity contribution is 5.85. The van der Waals surface area contributed by atoms with Gasteiger partial charge in [-0.1, -0.05) is 12.8 Å². The Balaban J connectivity index is 1.92. The summed E-state index contributed by atoms with van der Waals surface area (Å²) in [5.41, 5.74) is -5.78. The summed E-state index contributed by atoms with van der Waals surface area (Å²) in [7, 11) is 0. The first-order chi connectivity index (χ1) is 19.0. The summed E-state index contributed by atoms with van der Waals surface area (Å²) < 4.78 is 0. The van der Waals surface area contributed by atoms with E-state index in [1.165, 1.54) is 0 Å². The zero-order valence-electron chi connectivity index (χ0n) is 27.1. The number of hydrogen-bond acceptors (Lipinski definition) is 10. The van der Waals surface area contributed by atoms with Gasteiger partial charge in [0.15, 0.2) is 0 Å². The molecule has 0 aromatic heterocycles. The van der Waals surface area contributed by atoms with E-state index in [9.17, 15) is 40.2 Å². The van der Waals surface area contributed by atoms with Crippen LogP contribution in [0.5, 0.6) is 0 Å². The van der Waals surface area contributed by atoms with Crippen molar-refractivity contribution < 1.29 is 40.2 Å². The van der Waals surface area contributed by atoms with Crippen molar-refractivity contribution in [2.24, 2.45) is 10.8 Å². The quantitative estimate of drug-likeness (QED) is 0.280. The number of hydrogen-bond donors (Lipinski definition) is 4. The molecule has 10 nitrogen and oxygen atoms in total. The molecule has 2 saturated heterocycles. The number of aliphatic carboxylic acids is 2. The van der Waals surface area contributed by atoms with Gasteiger partial charge < -0.3 is 40.2 Å². The molecule has 42 heavy (non-hydrogen) atoms. The number of nitrogens with zero attached hydrogens (tertiary/aromatic N) is 2. The van der Waals surface area contributed by atoms with Gasteiger partial charge in [-0.3, -0.25) is 9.80 Å². The third-order valence-corrected chi connectivity index (χ3v) is 11.0. The predicted octanol–water partition coefficient (Wildman–Crippen LogP) is 0.563. The van der Waals surface area contributed by atoms with E-state index < -0.39 is 69.3 Å². The summed E-state index contributed by atoms with van der Waals surface area (Å²) in [6.45, 7) is 16.0. The van der Waals surface area contributed by atoms with Crippen LogP contribution < -0.4 is 10.2 Å². The highest BCUT2D eigenvalue weighted by Crippen LogP contribution is 2.56. The van der Waals surface area contributed by atoms with Crippen LogP contribution in [0.1, 0.15) is 120 Å². The number of piperidine rings is 2. The molecule has 1 aliphatic carbocycles. The molecule has 244 valence electrons. The van der Waals surface area contributed by atoms with E-state index in [1.54, 1.807) is 0 Å². The van der Waals surface area contributed by atoms with E-state index in [4.69, 9.17) is 0 Å². The molecular formula is C32H56N2O8-2. The Morgan fingerprint density at radius 2 is 0.905 bits per heavy atom. The number of likely N-dealkylation sites (tertiary alicyclic amines) is 2. The minimum absolute atomic E-state index is 0.00544. The van der Waals surface area contributed by atoms with Crippen LogP contribution in [-0.2, 0) is 9.59 Å². The predicted molar refractivity (Wildman–Crippen MR) is 155 cm³/mol. The summed E-state index contributed by atoms with van der Waals surface area (Å²) in [5.74, 6) is -3.07. The molecule has 0 amide bonds. The highest BCUT2D eigenvalue weighted by Gasteiger charge is 2.57. The molecule has 3 aliphatic rings. The van der Waals surface area contributed by atoms with Crippen molar-refractivity contribution in [1.29, 1.82) is 0 Å². The van der Waals surface area contributed by atoms with Crippen molar-refractivity contribution in [1.82, 2.24) is 9.80 Å². The van der Waals surface area contributed by atoms with E-state index in [2.05, 4.69) is 9.80 Å². The first-order valence-corrected chi connectivity index (χ1v) is 15.7. The summed E-state index contributed by atoms with van der Waals surface area (Å²) >= 11 is 0. The van der Waals surface area contributed by atoms with Crippen LogP contribution in [0, 0.1) is 10.8 Å². The number of aliphatic hydroxyl groups is 4. The molecule has 1 saturated carbocycles. The molecule has 0 radical (unpaired) electrons. The van der Waals surface area contributed by atoms with Gasteiger partial charge in [0.05, 0.1) is 24.4 Å². The van der Waals surface area contributed by atoms with Crippen LogP contribution in [-0.4, -0.2) is 102 Å². The number of rotatable bonds is 10. The van der Waals surface area contributed by atoms with Gasteiger partial charge in [-0.15, -0.1) is 0 Å². The lowest BCUT2D eigenvalue weighted by atomic mass is 9.52. The molecule has 0 spiro atoms. The zero-order valence-corrected chi connectivity index (χ0v) is 27.1. The Kier molecular flexibility index (Phi) is 9.96. The highest BCUT2D eigenvalue weighted by atomic mass is 16.4. The topological polar surface area (TPSA) is 168 Å². The lowest BCUT2D eigenvalue weighted by Crippen LogP contribution is -2.67. The molecule has 0 aromatic carbocycles. The van der Waals surface area contributed by atoms with Gasteiger partial charge in [-0.05, 0) is 107 Å². The number of carbonyl (C=O) groups is 2. The molecule has 10 heteroatoms. The Bertz CT molecular complexity index is 883. The van der Waals surface area contributed by atoms with Gasteiger partial charge >= 0.3 is 0 Å². The van der Waals surface area contributed by atoms with Gasteiger partial charge in [0.1, 0.15) is 0 Å². The first kappa shape index (κ1) is 35.2. The summed E-state index contributed by atoms with van der Waals surface area (Å²) in [6, 6.07) is 0. The van der Waals surface area contributed by atoms with Crippen molar-refractivity contribution in [3.8, 4) is 0 Å². The Morgan fingerprint density at radius 1 is 0.643 bits per heavy atom. The van der Waals surface area contributed by atoms with Gasteiger partial charge in [-0.2, -0.15) is 0 Å². The van der Waals surface area contributed by atoms with Crippen molar-refractivity contribution >= 4 is 11.9 Å². The number of carboxylic acid groups (broad SMARTS) is 2. The monoisotopic (exact) mass is 596 g/mol. The Hall–Kier alpha value is -1.30. The average molecular weight is 597 g/mol. The van der Waals surface area contributed by atoms with E-state index in [1.807, 2.05) is 55.4 Å². The Labute approximate surface area is 252 Å². The average Bonchev–Trinajstić information content (AvgIpc) is 2.78. The summed E-state index contributed by atoms with van der Waals surface area (Å²) in [4.78, 5) is 30.3. The van der Waals surface area contributed by atoms with Crippen molar-refractivity contribution in [2.45, 2.75) is 166 Å². The minimum Gasteiger partial charge on any atom is -0.550 e. The van der Waals surface area contributed by atoms with Crippen molar-refractivity contribution in [2.75, 3.05) is 13.1 Å². The molecule has 4 unspecified atom stereocenters. The smallest absolute Gasteiger partial charge is 0.0676 e. The van der Waals surface area contributed by atoms with Crippen LogP contribution in [0.15, 0.2) is 0 Å². The lowest BCUT2D eigenvalue weighted by Gasteiger charge is -2.59. The maximum Gasteiger partial charge on any atom is 0.0676 e. The summed E-state index contributed by atoms with van der Waals surface area (Å²) in [5, 5.41) is 69.9. The van der Waals surface area contributed by atoms with Gasteiger partial charge in [0.2, 0.25) is 0 Å². The first-order valence-electron chi connectivity index (χ1n) is 15.7. The third-order valence-electron chi connectivity index (χ3n) is 11.0. The molecule has 2 aliphatic heterocycles. The summed E-state index contributed by atoms with van der Waals surface area (Å²) in [6.07, 6.45) is -1.16. The van der Waals surface area contributed by atoms with Crippen molar-refractivity contribution in [3.05, 3.63) is 0 Å². The number of β-amino-alcohol motifs (C(OH)–C–C–N with tert-alkyl or cyclic N) is 2. The van der Waals surface area contributed by atoms with Gasteiger partial charge in [0.25, 0.3) is 0 Å². The maximum atomic E-state index is 13.1. The van der Waals surface area contributed by atoms with Crippen LogP contribution in [0.2, 0.25) is 0 Å². The van der Waals surface area contributed by atoms with E-state index in [0.29, 0.717) is 38.5 Å². The molecule has 3 fully saturated rings. The number of carbonyl (C=O) groups excluding carboxylic acids is 2. The zero-order chi connectivity index (χ0) is 32.1. The van der Waals surface area contributed by atoms with E-state index in [0.717, 1.165) is 0 Å². The fraction of sp³-hybridized carbons (Fsp3) is 0.938. The largest absolute Gasteiger partial charge is 0.550 e. The number of carboxylic acids is 2. The maximum absolute atomic E-state index is 13.1. The van der Waals surface area contributed by atoms with Gasteiger partial charge in [0, 0.05) is 58.0 Å². The van der Waals surface area contributed by atoms with E-state index in [-0.39, 0.29) is 38.8 Å². The van der Waals surface area contributed by atoms with Crippen LogP contribution in [0.3, 0.4) is 0 Å². The Morgan fingerprint density at radius 3 is 1.14 bits per heavy atom. The normalized spacial score (nSPS) is 33.6. The number of aliphatic hydroxyl groups excluding tert-OH is 4. The van der Waals surface area contributed by atoms with E-state index >= 15 is 0 Å². The fourth-order valence-electron chi connectivity index (χ4n) is 9.56. The van der Waals surface area contributed by atoms with Gasteiger partial charge in [-0.25, -0.2) is 0 Å². The second-order valence-electron chi connectivity index (χ2n) is 16.3. The molecule has 0 bridgehead atoms. The van der Waals surface area contributed by atoms with Crippen LogP contribution in [0.25, 0.3) is 0 Å².